The number of hydrogen-bond donors (Lipinski definition) is 1. The molecule has 0 aromatic heterocycles. The lowest BCUT2D eigenvalue weighted by Gasteiger charge is -2.37. The minimum Gasteiger partial charge on any atom is -0.366 e. The van der Waals surface area contributed by atoms with Gasteiger partial charge in [-0.15, -0.1) is 0 Å². The van der Waals surface area contributed by atoms with Crippen LogP contribution in [0.25, 0.3) is 0 Å². The Balaban J connectivity index is 1.61. The molecule has 3 heteroatoms. The van der Waals surface area contributed by atoms with Crippen molar-refractivity contribution in [3.8, 4) is 0 Å². The molecule has 0 bridgehead atoms. The molecule has 0 spiro atoms. The maximum atomic E-state index is 11.3. The van der Waals surface area contributed by atoms with Crippen LogP contribution in [0.4, 0.5) is 0 Å². The summed E-state index contributed by atoms with van der Waals surface area (Å²) in [4.78, 5) is 13.9. The first-order valence-electron chi connectivity index (χ1n) is 9.45. The average Bonchev–Trinajstić information content (AvgIpc) is 2.71. The summed E-state index contributed by atoms with van der Waals surface area (Å²) in [6.07, 6.45) is 2.07. The molecule has 0 aliphatic carbocycles. The van der Waals surface area contributed by atoms with Crippen LogP contribution < -0.4 is 5.73 Å². The molecule has 1 atom stereocenters. The Bertz CT molecular complexity index is 919. The van der Waals surface area contributed by atoms with E-state index in [9.17, 15) is 4.79 Å². The van der Waals surface area contributed by atoms with Crippen molar-refractivity contribution < 1.29 is 4.79 Å². The van der Waals surface area contributed by atoms with Gasteiger partial charge >= 0.3 is 0 Å². The highest BCUT2D eigenvalue weighted by molar-refractivity contribution is 5.92. The van der Waals surface area contributed by atoms with Crippen molar-refractivity contribution in [3.63, 3.8) is 0 Å². The van der Waals surface area contributed by atoms with Crippen molar-refractivity contribution in [2.24, 2.45) is 5.73 Å². The average molecular weight is 356 g/mol. The summed E-state index contributed by atoms with van der Waals surface area (Å²) in [6.45, 7) is 1.90. The molecule has 1 aliphatic rings. The number of carbonyl (C=O) groups excluding carboxylic acids is 1. The van der Waals surface area contributed by atoms with Gasteiger partial charge in [-0.05, 0) is 47.2 Å². The Kier molecular flexibility index (Phi) is 5.03. The molecule has 1 unspecified atom stereocenters. The number of amides is 1. The number of hydrogen-bond acceptors (Lipinski definition) is 2. The van der Waals surface area contributed by atoms with E-state index in [1.54, 1.807) is 0 Å². The van der Waals surface area contributed by atoms with E-state index < -0.39 is 0 Å². The summed E-state index contributed by atoms with van der Waals surface area (Å²) in [5, 5.41) is 0. The van der Waals surface area contributed by atoms with Crippen LogP contribution in [0, 0.1) is 0 Å². The quantitative estimate of drug-likeness (QED) is 0.747. The smallest absolute Gasteiger partial charge is 0.248 e. The normalized spacial score (nSPS) is 16.7. The van der Waals surface area contributed by atoms with Crippen LogP contribution in [-0.2, 0) is 19.4 Å². The van der Waals surface area contributed by atoms with Gasteiger partial charge in [-0.3, -0.25) is 9.69 Å². The molecule has 27 heavy (non-hydrogen) atoms. The SMILES string of the molecule is NC(=O)c1ccc(CN2CCc3ccccc3C2Cc2ccccc2)cc1. The molecule has 4 rings (SSSR count). The third kappa shape index (κ3) is 3.93. The van der Waals surface area contributed by atoms with Gasteiger partial charge in [-0.2, -0.15) is 0 Å². The molecule has 3 nitrogen and oxygen atoms in total. The highest BCUT2D eigenvalue weighted by Crippen LogP contribution is 2.33. The second-order valence-corrected chi connectivity index (χ2v) is 7.19. The van der Waals surface area contributed by atoms with E-state index in [0.717, 1.165) is 25.9 Å². The van der Waals surface area contributed by atoms with Crippen LogP contribution in [0.2, 0.25) is 0 Å². The van der Waals surface area contributed by atoms with Gasteiger partial charge in [0.05, 0.1) is 0 Å². The van der Waals surface area contributed by atoms with Gasteiger partial charge in [0.2, 0.25) is 5.91 Å². The second kappa shape index (κ2) is 7.77. The molecule has 3 aromatic rings. The third-order valence-corrected chi connectivity index (χ3v) is 5.42. The minimum atomic E-state index is -0.379. The van der Waals surface area contributed by atoms with Gasteiger partial charge in [-0.1, -0.05) is 66.7 Å². The minimum absolute atomic E-state index is 0.355. The summed E-state index contributed by atoms with van der Waals surface area (Å²) in [5.74, 6) is -0.379. The molecule has 136 valence electrons. The van der Waals surface area contributed by atoms with Crippen LogP contribution in [0.15, 0.2) is 78.9 Å². The number of primary amides is 1. The van der Waals surface area contributed by atoms with Gasteiger partial charge < -0.3 is 5.73 Å². The highest BCUT2D eigenvalue weighted by atomic mass is 16.1. The van der Waals surface area contributed by atoms with E-state index in [-0.39, 0.29) is 5.91 Å². The first-order valence-corrected chi connectivity index (χ1v) is 9.45. The zero-order valence-corrected chi connectivity index (χ0v) is 15.3. The standard InChI is InChI=1S/C24H24N2O/c25-24(27)21-12-10-19(11-13-21)17-26-15-14-20-8-4-5-9-22(20)23(26)16-18-6-2-1-3-7-18/h1-13,23H,14-17H2,(H2,25,27). The number of nitrogens with two attached hydrogens (primary N) is 1. The van der Waals surface area contributed by atoms with Gasteiger partial charge in [0.25, 0.3) is 0 Å². The molecule has 2 N–H and O–H groups in total. The fraction of sp³-hybridized carbons (Fsp3) is 0.208. The molecule has 1 heterocycles. The highest BCUT2D eigenvalue weighted by Gasteiger charge is 2.27. The van der Waals surface area contributed by atoms with Crippen molar-refractivity contribution in [1.29, 1.82) is 0 Å². The van der Waals surface area contributed by atoms with Crippen molar-refractivity contribution in [2.45, 2.75) is 25.4 Å². The van der Waals surface area contributed by atoms with Crippen LogP contribution in [0.5, 0.6) is 0 Å². The van der Waals surface area contributed by atoms with E-state index in [0.29, 0.717) is 11.6 Å². The molecule has 0 saturated carbocycles. The largest absolute Gasteiger partial charge is 0.366 e. The van der Waals surface area contributed by atoms with Crippen LogP contribution in [0.1, 0.15) is 38.7 Å². The summed E-state index contributed by atoms with van der Waals surface area (Å²) < 4.78 is 0. The van der Waals surface area contributed by atoms with E-state index >= 15 is 0 Å². The van der Waals surface area contributed by atoms with E-state index in [2.05, 4.69) is 59.5 Å². The zero-order valence-electron chi connectivity index (χ0n) is 15.3. The first-order chi connectivity index (χ1) is 13.2. The lowest BCUT2D eigenvalue weighted by molar-refractivity contribution is 0.1000. The Morgan fingerprint density at radius 3 is 2.33 bits per heavy atom. The van der Waals surface area contributed by atoms with Crippen molar-refractivity contribution in [2.75, 3.05) is 6.54 Å². The molecule has 1 aliphatic heterocycles. The number of fused-ring (bicyclic) bond motifs is 1. The molecular weight excluding hydrogens is 332 g/mol. The number of nitrogens with zero attached hydrogens (tertiary/aromatic N) is 1. The van der Waals surface area contributed by atoms with Crippen molar-refractivity contribution in [3.05, 3.63) is 107 Å². The topological polar surface area (TPSA) is 46.3 Å². The number of carbonyl (C=O) groups is 1. The van der Waals surface area contributed by atoms with Crippen LogP contribution >= 0.6 is 0 Å². The van der Waals surface area contributed by atoms with Gasteiger partial charge in [0, 0.05) is 24.7 Å². The Labute approximate surface area is 160 Å². The monoisotopic (exact) mass is 356 g/mol. The van der Waals surface area contributed by atoms with Crippen LogP contribution in [0.3, 0.4) is 0 Å². The second-order valence-electron chi connectivity index (χ2n) is 7.19. The lowest BCUT2D eigenvalue weighted by atomic mass is 9.88. The van der Waals surface area contributed by atoms with Crippen molar-refractivity contribution in [1.82, 2.24) is 4.90 Å². The maximum Gasteiger partial charge on any atom is 0.248 e. The van der Waals surface area contributed by atoms with Crippen molar-refractivity contribution >= 4 is 5.91 Å². The summed E-state index contributed by atoms with van der Waals surface area (Å²) >= 11 is 0. The Hall–Kier alpha value is -2.91. The molecule has 0 radical (unpaired) electrons. The summed E-state index contributed by atoms with van der Waals surface area (Å²) in [7, 11) is 0. The Morgan fingerprint density at radius 1 is 0.889 bits per heavy atom. The number of benzene rings is 3. The van der Waals surface area contributed by atoms with Gasteiger partial charge in [-0.25, -0.2) is 0 Å². The van der Waals surface area contributed by atoms with E-state index in [4.69, 9.17) is 5.73 Å². The third-order valence-electron chi connectivity index (χ3n) is 5.42. The molecule has 0 saturated heterocycles. The molecule has 0 fully saturated rings. The van der Waals surface area contributed by atoms with Crippen LogP contribution in [-0.4, -0.2) is 17.4 Å². The van der Waals surface area contributed by atoms with Gasteiger partial charge in [0.1, 0.15) is 0 Å². The Morgan fingerprint density at radius 2 is 1.59 bits per heavy atom. The summed E-state index contributed by atoms with van der Waals surface area (Å²) in [5.41, 5.74) is 11.4. The molecule has 1 amide bonds. The van der Waals surface area contributed by atoms with E-state index in [1.165, 1.54) is 22.3 Å². The zero-order chi connectivity index (χ0) is 18.6. The lowest BCUT2D eigenvalue weighted by Crippen LogP contribution is -2.36. The first kappa shape index (κ1) is 17.5. The predicted octanol–water partition coefficient (Wildman–Crippen LogP) is 4.13. The maximum absolute atomic E-state index is 11.3. The van der Waals surface area contributed by atoms with Gasteiger partial charge in [0.15, 0.2) is 0 Å². The number of rotatable bonds is 5. The fourth-order valence-electron chi connectivity index (χ4n) is 3.98. The summed E-state index contributed by atoms with van der Waals surface area (Å²) in [6, 6.07) is 27.5. The van der Waals surface area contributed by atoms with E-state index in [1.807, 2.05) is 24.3 Å². The fourth-order valence-corrected chi connectivity index (χ4v) is 3.98. The molecule has 3 aromatic carbocycles. The predicted molar refractivity (Wildman–Crippen MR) is 108 cm³/mol. The molecular formula is C24H24N2O.